The van der Waals surface area contributed by atoms with Crippen LogP contribution in [0.25, 0.3) is 11.0 Å². The van der Waals surface area contributed by atoms with Gasteiger partial charge in [-0.1, -0.05) is 18.2 Å². The molecule has 1 aliphatic rings. The predicted octanol–water partition coefficient (Wildman–Crippen LogP) is 3.74. The molecule has 1 aromatic heterocycles. The van der Waals surface area contributed by atoms with Crippen molar-refractivity contribution in [2.24, 2.45) is 0 Å². The van der Waals surface area contributed by atoms with Crippen molar-refractivity contribution in [1.82, 2.24) is 4.90 Å². The first-order valence-corrected chi connectivity index (χ1v) is 6.31. The Labute approximate surface area is 108 Å². The fourth-order valence-electron chi connectivity index (χ4n) is 2.68. The minimum atomic E-state index is -4.15. The number of hydrogen-bond acceptors (Lipinski definition) is 2. The zero-order valence-corrected chi connectivity index (χ0v) is 10.3. The Morgan fingerprint density at radius 3 is 2.79 bits per heavy atom. The van der Waals surface area contributed by atoms with E-state index in [2.05, 4.69) is 0 Å². The molecular weight excluding hydrogens is 255 g/mol. The molecule has 2 nitrogen and oxygen atoms in total. The van der Waals surface area contributed by atoms with Crippen LogP contribution in [-0.4, -0.2) is 24.2 Å². The number of fused-ring (bicyclic) bond motifs is 3. The third-order valence-electron chi connectivity index (χ3n) is 3.44. The maximum Gasteiger partial charge on any atom is 0.401 e. The van der Waals surface area contributed by atoms with E-state index in [1.807, 2.05) is 24.3 Å². The first-order chi connectivity index (χ1) is 9.03. The lowest BCUT2D eigenvalue weighted by Crippen LogP contribution is -2.33. The van der Waals surface area contributed by atoms with Crippen molar-refractivity contribution in [3.63, 3.8) is 0 Å². The molecule has 0 saturated carbocycles. The van der Waals surface area contributed by atoms with Crippen LogP contribution in [0.3, 0.4) is 0 Å². The Morgan fingerprint density at radius 2 is 2.00 bits per heavy atom. The van der Waals surface area contributed by atoms with Gasteiger partial charge in [0.1, 0.15) is 11.3 Å². The molecule has 5 heteroatoms. The minimum absolute atomic E-state index is 0.311. The lowest BCUT2D eigenvalue weighted by molar-refractivity contribution is -0.146. The highest BCUT2D eigenvalue weighted by atomic mass is 19.4. The van der Waals surface area contributed by atoms with Crippen LogP contribution in [0.4, 0.5) is 13.2 Å². The molecule has 0 N–H and O–H groups in total. The predicted molar refractivity (Wildman–Crippen MR) is 65.9 cm³/mol. The monoisotopic (exact) mass is 269 g/mol. The van der Waals surface area contributed by atoms with Gasteiger partial charge in [0, 0.05) is 23.9 Å². The molecule has 0 spiro atoms. The van der Waals surface area contributed by atoms with Crippen LogP contribution in [0, 0.1) is 0 Å². The molecule has 0 unspecified atom stereocenters. The summed E-state index contributed by atoms with van der Waals surface area (Å²) in [5.74, 6) is 0.839. The summed E-state index contributed by atoms with van der Waals surface area (Å²) in [6.07, 6.45) is -2.74. The van der Waals surface area contributed by atoms with Gasteiger partial charge in [-0.2, -0.15) is 13.2 Å². The van der Waals surface area contributed by atoms with E-state index in [0.717, 1.165) is 22.3 Å². The maximum atomic E-state index is 12.5. The SMILES string of the molecule is FC(F)(F)CN1CCCc2oc3ccccc3c2C1. The Hall–Kier alpha value is -1.49. The van der Waals surface area contributed by atoms with E-state index >= 15 is 0 Å². The quantitative estimate of drug-likeness (QED) is 0.784. The molecule has 0 aliphatic carbocycles. The van der Waals surface area contributed by atoms with Crippen molar-refractivity contribution in [3.05, 3.63) is 35.6 Å². The fourth-order valence-corrected chi connectivity index (χ4v) is 2.68. The van der Waals surface area contributed by atoms with Gasteiger partial charge < -0.3 is 4.42 Å². The van der Waals surface area contributed by atoms with E-state index in [1.54, 1.807) is 0 Å². The molecule has 0 atom stereocenters. The third kappa shape index (κ3) is 2.61. The first-order valence-electron chi connectivity index (χ1n) is 6.31. The molecule has 2 heterocycles. The van der Waals surface area contributed by atoms with Gasteiger partial charge in [0.05, 0.1) is 6.54 Å². The number of rotatable bonds is 1. The van der Waals surface area contributed by atoms with Gasteiger partial charge in [-0.25, -0.2) is 0 Å². The molecule has 19 heavy (non-hydrogen) atoms. The lowest BCUT2D eigenvalue weighted by Gasteiger charge is -2.21. The van der Waals surface area contributed by atoms with E-state index in [4.69, 9.17) is 4.42 Å². The summed E-state index contributed by atoms with van der Waals surface area (Å²) in [5, 5.41) is 0.937. The Balaban J connectivity index is 1.94. The van der Waals surface area contributed by atoms with Gasteiger partial charge >= 0.3 is 6.18 Å². The Morgan fingerprint density at radius 1 is 1.21 bits per heavy atom. The average molecular weight is 269 g/mol. The molecule has 0 bridgehead atoms. The van der Waals surface area contributed by atoms with Crippen LogP contribution >= 0.6 is 0 Å². The number of halogens is 3. The zero-order chi connectivity index (χ0) is 13.5. The molecule has 102 valence electrons. The average Bonchev–Trinajstić information content (AvgIpc) is 2.54. The van der Waals surface area contributed by atoms with Gasteiger partial charge in [0.25, 0.3) is 0 Å². The Kier molecular flexibility index (Phi) is 3.01. The fraction of sp³-hybridized carbons (Fsp3) is 0.429. The molecular formula is C14H14F3NO. The van der Waals surface area contributed by atoms with Gasteiger partial charge in [0.15, 0.2) is 0 Å². The van der Waals surface area contributed by atoms with E-state index in [0.29, 0.717) is 25.9 Å². The summed E-state index contributed by atoms with van der Waals surface area (Å²) >= 11 is 0. The van der Waals surface area contributed by atoms with Crippen LogP contribution < -0.4 is 0 Å². The summed E-state index contributed by atoms with van der Waals surface area (Å²) < 4.78 is 43.3. The van der Waals surface area contributed by atoms with E-state index in [1.165, 1.54) is 4.90 Å². The molecule has 3 rings (SSSR count). The Bertz CT molecular complexity index is 588. The zero-order valence-electron chi connectivity index (χ0n) is 10.3. The molecule has 0 radical (unpaired) electrons. The van der Waals surface area contributed by atoms with Crippen LogP contribution in [0.2, 0.25) is 0 Å². The third-order valence-corrected chi connectivity index (χ3v) is 3.44. The van der Waals surface area contributed by atoms with Crippen LogP contribution in [-0.2, 0) is 13.0 Å². The van der Waals surface area contributed by atoms with E-state index in [-0.39, 0.29) is 0 Å². The second kappa shape index (κ2) is 4.56. The van der Waals surface area contributed by atoms with Crippen molar-refractivity contribution < 1.29 is 17.6 Å². The van der Waals surface area contributed by atoms with E-state index < -0.39 is 12.7 Å². The summed E-state index contributed by atoms with van der Waals surface area (Å²) in [6.45, 7) is -0.0875. The molecule has 1 aliphatic heterocycles. The maximum absolute atomic E-state index is 12.5. The van der Waals surface area contributed by atoms with Gasteiger partial charge in [0.2, 0.25) is 0 Å². The van der Waals surface area contributed by atoms with Crippen molar-refractivity contribution >= 4 is 11.0 Å². The highest BCUT2D eigenvalue weighted by Crippen LogP contribution is 2.31. The number of alkyl halides is 3. The summed E-state index contributed by atoms with van der Waals surface area (Å²) in [5.41, 5.74) is 1.68. The number of aryl methyl sites for hydroxylation is 1. The minimum Gasteiger partial charge on any atom is -0.461 e. The molecule has 1 aromatic carbocycles. The molecule has 2 aromatic rings. The highest BCUT2D eigenvalue weighted by molar-refractivity contribution is 5.82. The molecule has 0 fully saturated rings. The van der Waals surface area contributed by atoms with Gasteiger partial charge in [-0.05, 0) is 19.0 Å². The second-order valence-corrected chi connectivity index (χ2v) is 4.93. The lowest BCUT2D eigenvalue weighted by atomic mass is 10.1. The number of furan rings is 1. The first kappa shape index (κ1) is 12.5. The van der Waals surface area contributed by atoms with Gasteiger partial charge in [-0.15, -0.1) is 0 Å². The smallest absolute Gasteiger partial charge is 0.401 e. The van der Waals surface area contributed by atoms with Crippen molar-refractivity contribution in [2.75, 3.05) is 13.1 Å². The standard InChI is InChI=1S/C14H14F3NO/c15-14(16,17)9-18-7-3-6-13-11(8-18)10-4-1-2-5-12(10)19-13/h1-2,4-5H,3,6-9H2. The van der Waals surface area contributed by atoms with Crippen LogP contribution in [0.5, 0.6) is 0 Å². The van der Waals surface area contributed by atoms with Gasteiger partial charge in [-0.3, -0.25) is 4.90 Å². The number of hydrogen-bond donors (Lipinski definition) is 0. The summed E-state index contributed by atoms with van der Waals surface area (Å²) in [7, 11) is 0. The van der Waals surface area contributed by atoms with Crippen molar-refractivity contribution in [1.29, 1.82) is 0 Å². The van der Waals surface area contributed by atoms with Crippen molar-refractivity contribution in [3.8, 4) is 0 Å². The number of nitrogens with zero attached hydrogens (tertiary/aromatic N) is 1. The topological polar surface area (TPSA) is 16.4 Å². The molecule has 0 saturated heterocycles. The van der Waals surface area contributed by atoms with Crippen LogP contribution in [0.1, 0.15) is 17.7 Å². The number of para-hydroxylation sites is 1. The summed E-state index contributed by atoms with van der Waals surface area (Å²) in [6, 6.07) is 7.53. The van der Waals surface area contributed by atoms with E-state index in [9.17, 15) is 13.2 Å². The molecule has 0 amide bonds. The number of benzene rings is 1. The normalized spacial score (nSPS) is 17.4. The van der Waals surface area contributed by atoms with Crippen molar-refractivity contribution in [2.45, 2.75) is 25.6 Å². The van der Waals surface area contributed by atoms with Crippen LogP contribution in [0.15, 0.2) is 28.7 Å². The largest absolute Gasteiger partial charge is 0.461 e. The second-order valence-electron chi connectivity index (χ2n) is 4.93. The highest BCUT2D eigenvalue weighted by Gasteiger charge is 2.32. The summed E-state index contributed by atoms with van der Waals surface area (Å²) in [4.78, 5) is 1.45.